The molecule has 0 radical (unpaired) electrons. The summed E-state index contributed by atoms with van der Waals surface area (Å²) in [5.74, 6) is -1.02. The molecule has 0 aliphatic carbocycles. The number of nitrogens with one attached hydrogen (secondary N) is 2. The van der Waals surface area contributed by atoms with Crippen LogP contribution in [0.5, 0.6) is 0 Å². The van der Waals surface area contributed by atoms with Crippen LogP contribution in [0, 0.1) is 5.41 Å². The van der Waals surface area contributed by atoms with Crippen LogP contribution >= 0.6 is 35.2 Å². The number of amides is 2. The molecule has 2 aromatic rings. The third-order valence-electron chi connectivity index (χ3n) is 12.4. The molecule has 24 nitrogen and oxygen atoms in total. The lowest BCUT2D eigenvalue weighted by molar-refractivity contribution is -0.137. The Balaban J connectivity index is 1.20. The summed E-state index contributed by atoms with van der Waals surface area (Å²) in [6.07, 6.45) is 24.9. The fraction of sp³-hybridized carbons (Fsp3) is 0.787. The number of carbonyl (C=O) groups is 3. The fourth-order valence-corrected chi connectivity index (χ4v) is 11.7. The number of imidazole rings is 1. The topological polar surface area (TPSA) is 364 Å². The highest BCUT2D eigenvalue weighted by Gasteiger charge is 2.50. The second-order valence-electron chi connectivity index (χ2n) is 19.5. The Kier molecular flexibility index (Phi) is 31.1. The molecule has 1 aliphatic heterocycles. The molecule has 2 aromatic heterocycles. The zero-order valence-corrected chi connectivity index (χ0v) is 47.3. The van der Waals surface area contributed by atoms with E-state index in [2.05, 4.69) is 53.5 Å². The first-order valence-corrected chi connectivity index (χ1v) is 31.8. The fourth-order valence-electron chi connectivity index (χ4n) is 8.12. The van der Waals surface area contributed by atoms with Gasteiger partial charge in [0.1, 0.15) is 36.3 Å². The van der Waals surface area contributed by atoms with E-state index in [1.54, 1.807) is 0 Å². The lowest BCUT2D eigenvalue weighted by Crippen LogP contribution is -2.46. The molecular weight excluding hydrogens is 1060 g/mol. The van der Waals surface area contributed by atoms with Gasteiger partial charge in [0.25, 0.3) is 0 Å². The number of phosphoric acid groups is 3. The number of aliphatic hydroxyl groups is 2. The zero-order chi connectivity index (χ0) is 55.3. The molecule has 75 heavy (non-hydrogen) atoms. The van der Waals surface area contributed by atoms with Crippen molar-refractivity contribution >= 4 is 69.1 Å². The molecule has 0 bridgehead atoms. The summed E-state index contributed by atoms with van der Waals surface area (Å²) in [6.45, 7) is 2.84. The first-order valence-electron chi connectivity index (χ1n) is 26.3. The average molecular weight is 1140 g/mol. The van der Waals surface area contributed by atoms with E-state index in [-0.39, 0.29) is 41.6 Å². The maximum atomic E-state index is 12.8. The quantitative estimate of drug-likeness (QED) is 0.0174. The Morgan fingerprint density at radius 2 is 1.36 bits per heavy atom. The molecule has 0 saturated carbocycles. The predicted octanol–water partition coefficient (Wildman–Crippen LogP) is 7.82. The second-order valence-corrected chi connectivity index (χ2v) is 24.8. The molecule has 28 heteroatoms. The zero-order valence-electron chi connectivity index (χ0n) is 43.8. The van der Waals surface area contributed by atoms with E-state index < -0.39 is 84.6 Å². The van der Waals surface area contributed by atoms with Crippen molar-refractivity contribution in [1.29, 1.82) is 0 Å². The van der Waals surface area contributed by atoms with E-state index in [0.29, 0.717) is 12.2 Å². The van der Waals surface area contributed by atoms with E-state index in [9.17, 15) is 57.9 Å². The molecule has 1 fully saturated rings. The van der Waals surface area contributed by atoms with Gasteiger partial charge in [-0.1, -0.05) is 147 Å². The van der Waals surface area contributed by atoms with Crippen LogP contribution in [0.25, 0.3) is 11.2 Å². The number of hydrogen-bond acceptors (Lipinski definition) is 18. The van der Waals surface area contributed by atoms with Crippen LogP contribution in [-0.2, 0) is 50.7 Å². The first-order chi connectivity index (χ1) is 35.6. The minimum atomic E-state index is -5.58. The van der Waals surface area contributed by atoms with Crippen molar-refractivity contribution in [3.63, 3.8) is 0 Å². The number of aromatic nitrogens is 4. The highest BCUT2D eigenvalue weighted by atomic mass is 32.2. The summed E-state index contributed by atoms with van der Waals surface area (Å²) >= 11 is 1.16. The lowest BCUT2D eigenvalue weighted by atomic mass is 9.87. The van der Waals surface area contributed by atoms with Gasteiger partial charge in [0.2, 0.25) is 11.8 Å². The van der Waals surface area contributed by atoms with Gasteiger partial charge in [-0.05, 0) is 32.1 Å². The van der Waals surface area contributed by atoms with E-state index >= 15 is 0 Å². The van der Waals surface area contributed by atoms with Gasteiger partial charge < -0.3 is 50.9 Å². The SMILES string of the molecule is CCCCCCCC/C=C\CCCCCCCCCCCCCCCC(=O)SCCNC(=O)CCNC(=O)[C@H](O)C(C)(C)COP(=O)(O)OP(=O)(O)OC[C@H]1O[C@@H](n2cnc3c(N)ncnc32)[C@H](O)[C@@H]1OP(=O)(O)O. The van der Waals surface area contributed by atoms with Crippen molar-refractivity contribution < 1.29 is 80.5 Å². The molecular formula is C47H84N7O17P3S. The number of fused-ring (bicyclic) bond motifs is 1. The van der Waals surface area contributed by atoms with E-state index in [1.165, 1.54) is 129 Å². The summed E-state index contributed by atoms with van der Waals surface area (Å²) in [6, 6.07) is 0. The van der Waals surface area contributed by atoms with Gasteiger partial charge in [-0.15, -0.1) is 0 Å². The van der Waals surface area contributed by atoms with Gasteiger partial charge in [-0.2, -0.15) is 4.31 Å². The number of nitrogens with two attached hydrogens (primary N) is 1. The van der Waals surface area contributed by atoms with Gasteiger partial charge in [0, 0.05) is 37.1 Å². The molecule has 10 N–H and O–H groups in total. The van der Waals surface area contributed by atoms with Crippen molar-refractivity contribution in [3.8, 4) is 0 Å². The van der Waals surface area contributed by atoms with Gasteiger partial charge in [0.05, 0.1) is 19.5 Å². The number of allylic oxidation sites excluding steroid dienone is 2. The number of thioether (sulfide) groups is 1. The summed E-state index contributed by atoms with van der Waals surface area (Å²) in [4.78, 5) is 88.6. The van der Waals surface area contributed by atoms with Gasteiger partial charge in [-0.25, -0.2) is 28.6 Å². The van der Waals surface area contributed by atoms with Crippen LogP contribution in [0.2, 0.25) is 0 Å². The Morgan fingerprint density at radius 1 is 0.800 bits per heavy atom. The van der Waals surface area contributed by atoms with Gasteiger partial charge in [-0.3, -0.25) is 32.5 Å². The number of carbonyl (C=O) groups excluding carboxylic acids is 3. The average Bonchev–Trinajstić information content (AvgIpc) is 3.91. The molecule has 2 amide bonds. The maximum Gasteiger partial charge on any atom is 0.481 e. The van der Waals surface area contributed by atoms with Crippen LogP contribution in [-0.4, -0.2) is 123 Å². The lowest BCUT2D eigenvalue weighted by Gasteiger charge is -2.30. The Morgan fingerprint density at radius 3 is 1.95 bits per heavy atom. The number of nitrogen functional groups attached to an aromatic ring is 1. The normalized spacial score (nSPS) is 19.3. The van der Waals surface area contributed by atoms with Crippen molar-refractivity contribution in [2.75, 3.05) is 37.8 Å². The number of aliphatic hydroxyl groups excluding tert-OH is 2. The number of phosphoric ester groups is 3. The summed E-state index contributed by atoms with van der Waals surface area (Å²) in [7, 11) is -16.4. The molecule has 3 rings (SSSR count). The number of hydrogen-bond donors (Lipinski definition) is 9. The molecule has 3 heterocycles. The van der Waals surface area contributed by atoms with Crippen LogP contribution in [0.1, 0.15) is 175 Å². The highest BCUT2D eigenvalue weighted by molar-refractivity contribution is 8.13. The predicted molar refractivity (Wildman–Crippen MR) is 283 cm³/mol. The van der Waals surface area contributed by atoms with Gasteiger partial charge in [0.15, 0.2) is 22.8 Å². The Bertz CT molecular complexity index is 2190. The molecule has 7 atom stereocenters. The monoisotopic (exact) mass is 1140 g/mol. The van der Waals surface area contributed by atoms with Crippen LogP contribution in [0.3, 0.4) is 0 Å². The summed E-state index contributed by atoms with van der Waals surface area (Å²) in [5, 5.41) is 26.7. The molecule has 0 aromatic carbocycles. The second kappa shape index (κ2) is 35.0. The standard InChI is InChI=1S/C47H84N7O17P3S/c1-4-5-6-7-8-9-10-11-12-13-14-15-16-17-18-19-20-21-22-23-24-25-26-27-38(56)75-31-30-49-37(55)28-29-50-45(59)42(58)47(2,3)33-68-74(65,66)71-73(63,64)67-32-36-41(70-72(60,61)62)40(57)46(69-36)54-35-53-39-43(48)51-34-52-44(39)54/h11-12,34-36,40-42,46,57-58H,4-10,13-33H2,1-3H3,(H,49,55)(H,50,59)(H,63,64)(H,65,66)(H2,48,51,52)(H2,60,61,62)/b12-11-/t36-,40-,41-,42+,46-/m1/s1. The molecule has 430 valence electrons. The van der Waals surface area contributed by atoms with E-state index in [1.807, 2.05) is 0 Å². The van der Waals surface area contributed by atoms with Crippen molar-refractivity contribution in [3.05, 3.63) is 24.8 Å². The molecule has 1 aliphatic rings. The van der Waals surface area contributed by atoms with E-state index in [4.69, 9.17) is 19.5 Å². The summed E-state index contributed by atoms with van der Waals surface area (Å²) < 4.78 is 62.6. The number of unbranched alkanes of at least 4 members (excludes halogenated alkanes) is 19. The van der Waals surface area contributed by atoms with Crippen LogP contribution in [0.15, 0.2) is 24.8 Å². The van der Waals surface area contributed by atoms with Crippen molar-refractivity contribution in [2.24, 2.45) is 5.41 Å². The largest absolute Gasteiger partial charge is 0.481 e. The minimum absolute atomic E-state index is 0.0341. The van der Waals surface area contributed by atoms with Crippen molar-refractivity contribution in [1.82, 2.24) is 30.2 Å². The Labute approximate surface area is 445 Å². The van der Waals surface area contributed by atoms with Crippen molar-refractivity contribution in [2.45, 2.75) is 199 Å². The smallest absolute Gasteiger partial charge is 0.386 e. The number of anilines is 1. The van der Waals surface area contributed by atoms with Gasteiger partial charge >= 0.3 is 23.5 Å². The number of ether oxygens (including phenoxy) is 1. The minimum Gasteiger partial charge on any atom is -0.386 e. The Hall–Kier alpha value is -2.70. The third-order valence-corrected chi connectivity index (χ3v) is 16.4. The molecule has 0 spiro atoms. The number of nitrogens with zero attached hydrogens (tertiary/aromatic N) is 4. The van der Waals surface area contributed by atoms with Crippen LogP contribution < -0.4 is 16.4 Å². The van der Waals surface area contributed by atoms with E-state index in [0.717, 1.165) is 48.2 Å². The molecule has 1 saturated heterocycles. The maximum absolute atomic E-state index is 12.8. The molecule has 2 unspecified atom stereocenters. The summed E-state index contributed by atoms with van der Waals surface area (Å²) in [5.41, 5.74) is 4.30. The highest BCUT2D eigenvalue weighted by Crippen LogP contribution is 2.61. The van der Waals surface area contributed by atoms with Crippen LogP contribution in [0.4, 0.5) is 5.82 Å². The first kappa shape index (κ1) is 66.6. The number of rotatable bonds is 42. The third kappa shape index (κ3) is 27.2.